The molecule has 5 heteroatoms. The van der Waals surface area contributed by atoms with Gasteiger partial charge in [0.2, 0.25) is 0 Å². The Hall–Kier alpha value is -0.650. The monoisotopic (exact) mass is 412 g/mol. The summed E-state index contributed by atoms with van der Waals surface area (Å²) in [6.07, 6.45) is 9.95. The Kier molecular flexibility index (Phi) is 8.50. The minimum absolute atomic E-state index is 0.854. The van der Waals surface area contributed by atoms with Gasteiger partial charge in [0.05, 0.1) is 22.2 Å². The summed E-state index contributed by atoms with van der Waals surface area (Å²) in [5, 5.41) is 0. The van der Waals surface area contributed by atoms with E-state index in [1.807, 2.05) is 0 Å². The highest BCUT2D eigenvalue weighted by atomic mass is 79.9. The molecule has 1 fully saturated rings. The molecule has 0 unspecified atom stereocenters. The Morgan fingerprint density at radius 3 is 2.42 bits per heavy atom. The van der Waals surface area contributed by atoms with Crippen molar-refractivity contribution in [1.82, 2.24) is 4.72 Å². The molecule has 3 rings (SSSR count). The first-order valence-corrected chi connectivity index (χ1v) is 10.5. The lowest BCUT2D eigenvalue weighted by Crippen LogP contribution is -2.26. The third-order valence-corrected chi connectivity index (χ3v) is 5.95. The number of rotatable bonds is 3. The fourth-order valence-electron chi connectivity index (χ4n) is 2.96. The van der Waals surface area contributed by atoms with Crippen molar-refractivity contribution < 1.29 is 4.74 Å². The van der Waals surface area contributed by atoms with Gasteiger partial charge in [0.15, 0.2) is 0 Å². The van der Waals surface area contributed by atoms with Crippen LogP contribution in [-0.4, -0.2) is 20.2 Å². The fraction of sp³-hybridized carbons (Fsp3) is 0.579. The van der Waals surface area contributed by atoms with Crippen molar-refractivity contribution in [2.75, 3.05) is 25.1 Å². The Labute approximate surface area is 159 Å². The van der Waals surface area contributed by atoms with Gasteiger partial charge < -0.3 is 9.64 Å². The highest BCUT2D eigenvalue weighted by Crippen LogP contribution is 2.40. The van der Waals surface area contributed by atoms with Gasteiger partial charge in [-0.2, -0.15) is 0 Å². The second kappa shape index (κ2) is 10.4. The molecular formula is C19H29BrN2OS. The van der Waals surface area contributed by atoms with E-state index in [1.54, 1.807) is 19.1 Å². The number of anilines is 1. The number of methoxy groups -OCH3 is 1. The van der Waals surface area contributed by atoms with E-state index in [4.69, 9.17) is 4.74 Å². The number of hydrogen-bond donors (Lipinski definition) is 1. The number of nitrogens with one attached hydrogen (secondary N) is 1. The fourth-order valence-corrected chi connectivity index (χ4v) is 4.24. The quantitative estimate of drug-likeness (QED) is 0.602. The number of allylic oxidation sites excluding steroid dienone is 1. The van der Waals surface area contributed by atoms with E-state index in [2.05, 4.69) is 51.2 Å². The zero-order chi connectivity index (χ0) is 17.4. The normalized spacial score (nSPS) is 17.2. The molecule has 3 nitrogen and oxygen atoms in total. The van der Waals surface area contributed by atoms with Gasteiger partial charge in [-0.1, -0.05) is 52.0 Å². The molecule has 0 atom stereocenters. The molecule has 0 aromatic heterocycles. The van der Waals surface area contributed by atoms with Gasteiger partial charge in [0.25, 0.3) is 0 Å². The van der Waals surface area contributed by atoms with Gasteiger partial charge in [-0.25, -0.2) is 0 Å². The first-order valence-electron chi connectivity index (χ1n) is 8.90. The molecule has 1 aromatic rings. The molecule has 0 spiro atoms. The molecule has 1 saturated carbocycles. The van der Waals surface area contributed by atoms with Crippen LogP contribution in [0.1, 0.15) is 51.9 Å². The number of fused-ring (bicyclic) bond motifs is 1. The van der Waals surface area contributed by atoms with Crippen molar-refractivity contribution >= 4 is 33.6 Å². The van der Waals surface area contributed by atoms with Gasteiger partial charge in [-0.05, 0) is 46.4 Å². The second-order valence-electron chi connectivity index (χ2n) is 6.14. The molecule has 1 aliphatic carbocycles. The number of hydrogen-bond acceptors (Lipinski definition) is 4. The van der Waals surface area contributed by atoms with Crippen LogP contribution in [0.25, 0.3) is 0 Å². The summed E-state index contributed by atoms with van der Waals surface area (Å²) in [6, 6.07) is 4.16. The summed E-state index contributed by atoms with van der Waals surface area (Å²) in [7, 11) is 1.68. The van der Waals surface area contributed by atoms with E-state index in [0.717, 1.165) is 35.4 Å². The minimum Gasteiger partial charge on any atom is -0.496 e. The van der Waals surface area contributed by atoms with Gasteiger partial charge in [0, 0.05) is 18.8 Å². The first kappa shape index (κ1) is 19.7. The summed E-state index contributed by atoms with van der Waals surface area (Å²) >= 11 is 5.19. The van der Waals surface area contributed by atoms with Crippen LogP contribution in [0.4, 0.5) is 5.69 Å². The van der Waals surface area contributed by atoms with E-state index in [0.29, 0.717) is 0 Å². The summed E-state index contributed by atoms with van der Waals surface area (Å²) in [5.74, 6) is 0.854. The van der Waals surface area contributed by atoms with Gasteiger partial charge in [-0.3, -0.25) is 4.72 Å². The molecule has 1 aromatic carbocycles. The van der Waals surface area contributed by atoms with Crippen LogP contribution in [0.3, 0.4) is 0 Å². The average molecular weight is 413 g/mol. The maximum atomic E-state index is 5.34. The highest BCUT2D eigenvalue weighted by Gasteiger charge is 2.19. The van der Waals surface area contributed by atoms with Crippen LogP contribution >= 0.6 is 27.9 Å². The van der Waals surface area contributed by atoms with Crippen molar-refractivity contribution in [3.63, 3.8) is 0 Å². The number of benzene rings is 1. The Bertz CT molecular complexity index is 535. The largest absolute Gasteiger partial charge is 0.496 e. The number of halogens is 1. The molecule has 134 valence electrons. The molecule has 1 aliphatic heterocycles. The number of nitrogens with zero attached hydrogens (tertiary/aromatic N) is 1. The van der Waals surface area contributed by atoms with Crippen molar-refractivity contribution in [1.29, 1.82) is 0 Å². The van der Waals surface area contributed by atoms with E-state index < -0.39 is 0 Å². The molecule has 1 N–H and O–H groups in total. The lowest BCUT2D eigenvalue weighted by atomic mass is 10.0. The van der Waals surface area contributed by atoms with Crippen molar-refractivity contribution in [3.05, 3.63) is 28.9 Å². The predicted molar refractivity (Wildman–Crippen MR) is 109 cm³/mol. The van der Waals surface area contributed by atoms with Gasteiger partial charge >= 0.3 is 0 Å². The van der Waals surface area contributed by atoms with E-state index in [-0.39, 0.29) is 0 Å². The zero-order valence-corrected chi connectivity index (χ0v) is 17.3. The first-order chi connectivity index (χ1) is 11.7. The topological polar surface area (TPSA) is 24.5 Å². The third-order valence-electron chi connectivity index (χ3n) is 4.43. The molecule has 0 radical (unpaired) electrons. The average Bonchev–Trinajstić information content (AvgIpc) is 2.84. The smallest absolute Gasteiger partial charge is 0.134 e. The molecule has 1 heterocycles. The van der Waals surface area contributed by atoms with E-state index in [9.17, 15) is 0 Å². The summed E-state index contributed by atoms with van der Waals surface area (Å²) in [4.78, 5) is 3.44. The van der Waals surface area contributed by atoms with Crippen molar-refractivity contribution in [2.45, 2.75) is 56.8 Å². The van der Waals surface area contributed by atoms with E-state index in [1.165, 1.54) is 49.1 Å². The molecule has 0 amide bonds. The van der Waals surface area contributed by atoms with Gasteiger partial charge in [0.1, 0.15) is 5.75 Å². The maximum Gasteiger partial charge on any atom is 0.134 e. The van der Waals surface area contributed by atoms with Gasteiger partial charge in [-0.15, -0.1) is 0 Å². The SMILES string of the molecule is C1CCCCC1.C=C(CC)N1CCNSc2cc(OC)c(Br)cc21. The Morgan fingerprint density at radius 2 is 1.88 bits per heavy atom. The molecule has 2 aliphatic rings. The second-order valence-corrected chi connectivity index (χ2v) is 7.93. The molecular weight excluding hydrogens is 384 g/mol. The maximum absolute atomic E-state index is 5.34. The van der Waals surface area contributed by atoms with Crippen LogP contribution in [0.5, 0.6) is 5.75 Å². The van der Waals surface area contributed by atoms with Crippen LogP contribution in [0, 0.1) is 0 Å². The molecule has 0 saturated heterocycles. The van der Waals surface area contributed by atoms with E-state index >= 15 is 0 Å². The van der Waals surface area contributed by atoms with Crippen LogP contribution < -0.4 is 14.4 Å². The molecule has 24 heavy (non-hydrogen) atoms. The van der Waals surface area contributed by atoms with Crippen molar-refractivity contribution in [3.8, 4) is 5.75 Å². The number of ether oxygens (including phenoxy) is 1. The van der Waals surface area contributed by atoms with Crippen molar-refractivity contribution in [2.24, 2.45) is 0 Å². The lowest BCUT2D eigenvalue weighted by Gasteiger charge is -2.26. The predicted octanol–water partition coefficient (Wildman–Crippen LogP) is 6.14. The standard InChI is InChI=1S/C13H17BrN2OS.C6H12/c1-4-9(2)16-6-5-15-18-13-8-12(17-3)10(14)7-11(13)16;1-2-4-6-5-3-1/h7-8,15H,2,4-6H2,1,3H3;1-6H2. The minimum atomic E-state index is 0.854. The Balaban J connectivity index is 0.000000292. The third kappa shape index (κ3) is 5.43. The highest BCUT2D eigenvalue weighted by molar-refractivity contribution is 9.10. The summed E-state index contributed by atoms with van der Waals surface area (Å²) in [6.45, 7) is 8.15. The summed E-state index contributed by atoms with van der Waals surface area (Å²) < 4.78 is 9.66. The lowest BCUT2D eigenvalue weighted by molar-refractivity contribution is 0.411. The van der Waals surface area contributed by atoms with Crippen LogP contribution in [0.15, 0.2) is 33.8 Å². The van der Waals surface area contributed by atoms with Crippen LogP contribution in [-0.2, 0) is 0 Å². The Morgan fingerprint density at radius 1 is 1.25 bits per heavy atom. The summed E-state index contributed by atoms with van der Waals surface area (Å²) in [5.41, 5.74) is 2.32. The zero-order valence-electron chi connectivity index (χ0n) is 14.9. The van der Waals surface area contributed by atoms with Crippen LogP contribution in [0.2, 0.25) is 0 Å². The molecule has 0 bridgehead atoms.